The molecule has 4 nitrogen and oxygen atoms in total. The molecule has 1 aliphatic heterocycles. The largest absolute Gasteiger partial charge is 0.376 e. The van der Waals surface area contributed by atoms with E-state index in [9.17, 15) is 9.59 Å². The zero-order valence-electron chi connectivity index (χ0n) is 16.1. The molecule has 1 saturated heterocycles. The van der Waals surface area contributed by atoms with E-state index in [1.165, 1.54) is 5.56 Å². The summed E-state index contributed by atoms with van der Waals surface area (Å²) in [6.07, 6.45) is 2.27. The molecule has 2 aromatic rings. The number of nitrogens with zero attached hydrogens (tertiary/aromatic N) is 1. The molecule has 0 spiro atoms. The average molecular weight is 400 g/mol. The Bertz CT molecular complexity index is 801. The zero-order chi connectivity index (χ0) is 19.9. The zero-order valence-corrected chi connectivity index (χ0v) is 16.9. The molecule has 1 amide bonds. The summed E-state index contributed by atoms with van der Waals surface area (Å²) >= 11 is 6.07. The Morgan fingerprint density at radius 2 is 1.68 bits per heavy atom. The molecule has 1 aliphatic rings. The Hall–Kier alpha value is -2.17. The molecule has 3 rings (SSSR count). The van der Waals surface area contributed by atoms with Gasteiger partial charge in [-0.25, -0.2) is 0 Å². The van der Waals surface area contributed by atoms with Gasteiger partial charge in [-0.1, -0.05) is 54.1 Å². The van der Waals surface area contributed by atoms with Crippen LogP contribution in [0.15, 0.2) is 54.6 Å². The summed E-state index contributed by atoms with van der Waals surface area (Å²) in [5.74, 6) is 0.339. The number of ether oxygens (including phenoxy) is 1. The topological polar surface area (TPSA) is 46.6 Å². The molecule has 5 heteroatoms. The minimum Gasteiger partial charge on any atom is -0.376 e. The fourth-order valence-corrected chi connectivity index (χ4v) is 4.14. The minimum absolute atomic E-state index is 0.0348. The molecular weight excluding hydrogens is 374 g/mol. The van der Waals surface area contributed by atoms with E-state index in [2.05, 4.69) is 12.1 Å². The van der Waals surface area contributed by atoms with Gasteiger partial charge < -0.3 is 9.64 Å². The Balaban J connectivity index is 1.50. The second-order valence-corrected chi connectivity index (χ2v) is 7.60. The van der Waals surface area contributed by atoms with Gasteiger partial charge in [-0.2, -0.15) is 0 Å². The molecule has 1 unspecified atom stereocenters. The van der Waals surface area contributed by atoms with Gasteiger partial charge in [0.05, 0.1) is 11.1 Å². The smallest absolute Gasteiger partial charge is 0.223 e. The van der Waals surface area contributed by atoms with Crippen LogP contribution in [0.2, 0.25) is 5.02 Å². The lowest BCUT2D eigenvalue weighted by Gasteiger charge is -2.35. The van der Waals surface area contributed by atoms with Crippen molar-refractivity contribution in [3.05, 3.63) is 70.7 Å². The summed E-state index contributed by atoms with van der Waals surface area (Å²) in [6.45, 7) is 1.41. The average Bonchev–Trinajstić information content (AvgIpc) is 2.74. The highest BCUT2D eigenvalue weighted by Gasteiger charge is 2.29. The van der Waals surface area contributed by atoms with Crippen molar-refractivity contribution in [3.8, 4) is 0 Å². The summed E-state index contributed by atoms with van der Waals surface area (Å²) < 4.78 is 5.75. The highest BCUT2D eigenvalue weighted by molar-refractivity contribution is 6.34. The van der Waals surface area contributed by atoms with E-state index in [0.29, 0.717) is 29.6 Å². The predicted molar refractivity (Wildman–Crippen MR) is 111 cm³/mol. The van der Waals surface area contributed by atoms with Crippen LogP contribution in [-0.4, -0.2) is 36.8 Å². The highest BCUT2D eigenvalue weighted by atomic mass is 35.5. The van der Waals surface area contributed by atoms with Gasteiger partial charge in [0.25, 0.3) is 0 Å². The van der Waals surface area contributed by atoms with Crippen LogP contribution in [0.4, 0.5) is 0 Å². The van der Waals surface area contributed by atoms with Crippen LogP contribution in [0.3, 0.4) is 0 Å². The molecular formula is C23H26ClNO3. The van der Waals surface area contributed by atoms with Crippen LogP contribution in [0.25, 0.3) is 0 Å². The van der Waals surface area contributed by atoms with Crippen LogP contribution in [0, 0.1) is 5.92 Å². The van der Waals surface area contributed by atoms with Gasteiger partial charge >= 0.3 is 0 Å². The summed E-state index contributed by atoms with van der Waals surface area (Å²) in [4.78, 5) is 26.7. The fourth-order valence-electron chi connectivity index (χ4n) is 3.90. The normalized spacial score (nSPS) is 16.0. The number of Topliss-reactive ketones (excluding diaryl/α,β-unsaturated/α-hetero) is 1. The number of ketones is 1. The van der Waals surface area contributed by atoms with Gasteiger partial charge in [0.2, 0.25) is 5.91 Å². The monoisotopic (exact) mass is 399 g/mol. The number of rotatable bonds is 7. The maximum Gasteiger partial charge on any atom is 0.223 e. The van der Waals surface area contributed by atoms with Crippen molar-refractivity contribution in [3.63, 3.8) is 0 Å². The lowest BCUT2D eigenvalue weighted by Crippen LogP contribution is -2.40. The van der Waals surface area contributed by atoms with Crippen LogP contribution in [0.1, 0.15) is 47.7 Å². The number of benzene rings is 2. The van der Waals surface area contributed by atoms with Crippen molar-refractivity contribution in [1.29, 1.82) is 0 Å². The van der Waals surface area contributed by atoms with Crippen molar-refractivity contribution in [2.24, 2.45) is 5.92 Å². The third kappa shape index (κ3) is 5.00. The van der Waals surface area contributed by atoms with Crippen molar-refractivity contribution in [1.82, 2.24) is 4.90 Å². The number of carbonyl (C=O) groups is 2. The molecule has 0 bridgehead atoms. The van der Waals surface area contributed by atoms with Gasteiger partial charge in [-0.05, 0) is 36.5 Å². The van der Waals surface area contributed by atoms with Gasteiger partial charge in [0.15, 0.2) is 5.78 Å². The Morgan fingerprint density at radius 3 is 2.32 bits per heavy atom. The first-order valence-corrected chi connectivity index (χ1v) is 10.1. The van der Waals surface area contributed by atoms with E-state index in [4.69, 9.17) is 16.3 Å². The maximum atomic E-state index is 12.5. The fraction of sp³-hybridized carbons (Fsp3) is 0.391. The van der Waals surface area contributed by atoms with Gasteiger partial charge in [-0.3, -0.25) is 9.59 Å². The van der Waals surface area contributed by atoms with E-state index in [1.807, 2.05) is 23.1 Å². The number of amides is 1. The van der Waals surface area contributed by atoms with E-state index < -0.39 is 0 Å². The third-order valence-electron chi connectivity index (χ3n) is 5.44. The highest BCUT2D eigenvalue weighted by Crippen LogP contribution is 2.33. The van der Waals surface area contributed by atoms with Crippen LogP contribution < -0.4 is 0 Å². The van der Waals surface area contributed by atoms with E-state index >= 15 is 0 Å². The molecule has 1 heterocycles. The summed E-state index contributed by atoms with van der Waals surface area (Å²) in [5, 5.41) is 0.437. The first-order valence-electron chi connectivity index (χ1n) is 9.73. The van der Waals surface area contributed by atoms with Crippen molar-refractivity contribution in [2.45, 2.75) is 31.8 Å². The number of methoxy groups -OCH3 is 1. The maximum absolute atomic E-state index is 12.5. The lowest BCUT2D eigenvalue weighted by molar-refractivity contribution is -0.133. The van der Waals surface area contributed by atoms with Gasteiger partial charge in [-0.15, -0.1) is 0 Å². The molecule has 2 aromatic carbocycles. The Morgan fingerprint density at radius 1 is 1.04 bits per heavy atom. The number of likely N-dealkylation sites (tertiary alicyclic amines) is 1. The second kappa shape index (κ2) is 9.85. The summed E-state index contributed by atoms with van der Waals surface area (Å²) in [6, 6.07) is 17.2. The number of halogens is 1. The first-order chi connectivity index (χ1) is 13.6. The predicted octanol–water partition coefficient (Wildman–Crippen LogP) is 4.93. The number of piperidine rings is 1. The quantitative estimate of drug-likeness (QED) is 0.620. The molecule has 0 N–H and O–H groups in total. The van der Waals surface area contributed by atoms with Crippen molar-refractivity contribution in [2.75, 3.05) is 20.2 Å². The molecule has 0 aliphatic carbocycles. The molecule has 28 heavy (non-hydrogen) atoms. The molecule has 0 saturated carbocycles. The first kappa shape index (κ1) is 20.6. The molecule has 148 valence electrons. The summed E-state index contributed by atoms with van der Waals surface area (Å²) in [7, 11) is 1.75. The van der Waals surface area contributed by atoms with E-state index in [1.54, 1.807) is 31.4 Å². The van der Waals surface area contributed by atoms with Crippen molar-refractivity contribution >= 4 is 23.3 Å². The third-order valence-corrected chi connectivity index (χ3v) is 5.77. The molecule has 0 radical (unpaired) electrons. The van der Waals surface area contributed by atoms with Crippen LogP contribution in [-0.2, 0) is 9.53 Å². The van der Waals surface area contributed by atoms with E-state index in [-0.39, 0.29) is 30.6 Å². The SMILES string of the molecule is COC(c1ccccc1)C1CCN(C(=O)CCC(=O)c2ccccc2Cl)CC1. The molecule has 1 fully saturated rings. The molecule has 0 aromatic heterocycles. The van der Waals surface area contributed by atoms with Gasteiger partial charge in [0.1, 0.15) is 0 Å². The second-order valence-electron chi connectivity index (χ2n) is 7.19. The van der Waals surface area contributed by atoms with Crippen molar-refractivity contribution < 1.29 is 14.3 Å². The standard InChI is InChI=1S/C23H26ClNO3/c1-28-23(17-7-3-2-4-8-17)18-13-15-25(16-14-18)22(27)12-11-21(26)19-9-5-6-10-20(19)24/h2-10,18,23H,11-16H2,1H3. The van der Waals surface area contributed by atoms with Crippen LogP contribution >= 0.6 is 11.6 Å². The number of hydrogen-bond donors (Lipinski definition) is 0. The Labute approximate surface area is 171 Å². The minimum atomic E-state index is -0.0858. The number of hydrogen-bond acceptors (Lipinski definition) is 3. The number of carbonyl (C=O) groups excluding carboxylic acids is 2. The lowest BCUT2D eigenvalue weighted by atomic mass is 9.87. The summed E-state index contributed by atoms with van der Waals surface area (Å²) in [5.41, 5.74) is 1.67. The van der Waals surface area contributed by atoms with Crippen LogP contribution in [0.5, 0.6) is 0 Å². The molecule has 1 atom stereocenters. The van der Waals surface area contributed by atoms with E-state index in [0.717, 1.165) is 12.8 Å². The van der Waals surface area contributed by atoms with Gasteiger partial charge in [0, 0.05) is 38.6 Å². The Kier molecular flexibility index (Phi) is 7.24.